The van der Waals surface area contributed by atoms with E-state index < -0.39 is 11.9 Å². The monoisotopic (exact) mass is 128 g/mol. The number of nitrogens with one attached hydrogen (secondary N) is 2. The van der Waals surface area contributed by atoms with Gasteiger partial charge in [0, 0.05) is 6.20 Å². The molecule has 0 radical (unpaired) electrons. The number of hydrogen-bond donors (Lipinski definition) is 2. The van der Waals surface area contributed by atoms with Gasteiger partial charge >= 0.3 is 6.03 Å². The molecular formula is C5H5FN2O. The molecule has 3 nitrogen and oxygen atoms in total. The third-order valence-electron chi connectivity index (χ3n) is 0.883. The molecular weight excluding hydrogens is 123 g/mol. The van der Waals surface area contributed by atoms with E-state index in [1.807, 2.05) is 0 Å². The average molecular weight is 128 g/mol. The topological polar surface area (TPSA) is 41.1 Å². The second kappa shape index (κ2) is 1.89. The van der Waals surface area contributed by atoms with Crippen LogP contribution in [-0.4, -0.2) is 6.03 Å². The van der Waals surface area contributed by atoms with Crippen LogP contribution in [0, 0.1) is 0 Å². The Hall–Kier alpha value is -1.32. The molecule has 0 aromatic rings. The molecule has 1 aliphatic heterocycles. The Kier molecular flexibility index (Phi) is 1.22. The van der Waals surface area contributed by atoms with Crippen LogP contribution in [0.15, 0.2) is 24.3 Å². The summed E-state index contributed by atoms with van der Waals surface area (Å²) in [5.41, 5.74) is -0.00116. The number of urea groups is 1. The normalized spacial score (nSPS) is 18.1. The summed E-state index contributed by atoms with van der Waals surface area (Å²) in [7, 11) is 0. The lowest BCUT2D eigenvalue weighted by molar-refractivity contribution is 0.245. The number of allylic oxidation sites excluding steroid dienone is 1. The number of amides is 2. The number of rotatable bonds is 0. The lowest BCUT2D eigenvalue weighted by Crippen LogP contribution is -2.35. The first-order chi connectivity index (χ1) is 4.20. The Morgan fingerprint density at radius 2 is 2.33 bits per heavy atom. The van der Waals surface area contributed by atoms with Crippen molar-refractivity contribution in [1.82, 2.24) is 10.6 Å². The van der Waals surface area contributed by atoms with E-state index in [0.29, 0.717) is 0 Å². The van der Waals surface area contributed by atoms with Crippen LogP contribution in [0.1, 0.15) is 0 Å². The Morgan fingerprint density at radius 3 is 2.78 bits per heavy atom. The van der Waals surface area contributed by atoms with Crippen molar-refractivity contribution in [3.8, 4) is 0 Å². The molecule has 1 rings (SSSR count). The van der Waals surface area contributed by atoms with E-state index in [0.717, 1.165) is 6.20 Å². The fourth-order valence-corrected chi connectivity index (χ4v) is 0.449. The predicted molar refractivity (Wildman–Crippen MR) is 30.0 cm³/mol. The summed E-state index contributed by atoms with van der Waals surface area (Å²) in [6.45, 7) is 3.23. The quantitative estimate of drug-likeness (QED) is 0.493. The third-order valence-corrected chi connectivity index (χ3v) is 0.883. The van der Waals surface area contributed by atoms with Crippen LogP contribution < -0.4 is 10.6 Å². The van der Waals surface area contributed by atoms with Crippen molar-refractivity contribution in [2.75, 3.05) is 0 Å². The highest BCUT2D eigenvalue weighted by Crippen LogP contribution is 2.06. The van der Waals surface area contributed by atoms with E-state index in [9.17, 15) is 9.18 Å². The molecule has 0 saturated carbocycles. The van der Waals surface area contributed by atoms with Gasteiger partial charge in [-0.15, -0.1) is 0 Å². The van der Waals surface area contributed by atoms with E-state index >= 15 is 0 Å². The van der Waals surface area contributed by atoms with E-state index in [1.165, 1.54) is 0 Å². The highest BCUT2D eigenvalue weighted by molar-refractivity contribution is 5.79. The van der Waals surface area contributed by atoms with Crippen LogP contribution in [0.4, 0.5) is 9.18 Å². The largest absolute Gasteiger partial charge is 0.323 e. The van der Waals surface area contributed by atoms with Crippen LogP contribution in [0.2, 0.25) is 0 Å². The summed E-state index contributed by atoms with van der Waals surface area (Å²) in [5, 5.41) is 4.26. The molecule has 0 aromatic carbocycles. The van der Waals surface area contributed by atoms with Gasteiger partial charge in [-0.2, -0.15) is 0 Å². The molecule has 2 amide bonds. The van der Waals surface area contributed by atoms with Gasteiger partial charge in [-0.25, -0.2) is 9.18 Å². The smallest absolute Gasteiger partial charge is 0.311 e. The molecule has 2 N–H and O–H groups in total. The maximum Gasteiger partial charge on any atom is 0.323 e. The zero-order chi connectivity index (χ0) is 6.85. The van der Waals surface area contributed by atoms with E-state index in [4.69, 9.17) is 0 Å². The Balaban J connectivity index is 2.79. The van der Waals surface area contributed by atoms with E-state index in [1.54, 1.807) is 0 Å². The van der Waals surface area contributed by atoms with Crippen LogP contribution in [-0.2, 0) is 0 Å². The van der Waals surface area contributed by atoms with Gasteiger partial charge in [0.1, 0.15) is 0 Å². The summed E-state index contributed by atoms with van der Waals surface area (Å²) >= 11 is 0. The van der Waals surface area contributed by atoms with Crippen molar-refractivity contribution < 1.29 is 9.18 Å². The van der Waals surface area contributed by atoms with Crippen molar-refractivity contribution in [1.29, 1.82) is 0 Å². The zero-order valence-corrected chi connectivity index (χ0v) is 4.57. The van der Waals surface area contributed by atoms with Gasteiger partial charge in [0.2, 0.25) is 0 Å². The summed E-state index contributed by atoms with van der Waals surface area (Å²) in [5.74, 6) is -0.547. The molecule has 0 aromatic heterocycles. The Labute approximate surface area is 51.2 Å². The second-order valence-electron chi connectivity index (χ2n) is 1.57. The summed E-state index contributed by atoms with van der Waals surface area (Å²) in [6.07, 6.45) is 0.959. The summed E-state index contributed by atoms with van der Waals surface area (Å²) < 4.78 is 12.2. The minimum Gasteiger partial charge on any atom is -0.311 e. The summed E-state index contributed by atoms with van der Waals surface area (Å²) in [6, 6.07) is -0.457. The first-order valence-electron chi connectivity index (χ1n) is 2.32. The molecule has 9 heavy (non-hydrogen) atoms. The molecule has 4 heteroatoms. The molecule has 0 bridgehead atoms. The maximum atomic E-state index is 12.2. The molecule has 1 aliphatic rings. The van der Waals surface area contributed by atoms with Gasteiger partial charge < -0.3 is 10.6 Å². The van der Waals surface area contributed by atoms with Gasteiger partial charge in [0.15, 0.2) is 5.83 Å². The molecule has 0 unspecified atom stereocenters. The standard InChI is InChI=1S/C5H5FN2O/c1-3-4(6)2-7-5(9)8-3/h2H,1H2,(H2,7,8,9). The third kappa shape index (κ3) is 1.07. The lowest BCUT2D eigenvalue weighted by atomic mass is 10.4. The molecule has 0 spiro atoms. The SMILES string of the molecule is C=C1NC(=O)NC=C1F. The summed E-state index contributed by atoms with van der Waals surface area (Å²) in [4.78, 5) is 10.3. The number of carbonyl (C=O) groups is 1. The highest BCUT2D eigenvalue weighted by Gasteiger charge is 2.10. The van der Waals surface area contributed by atoms with Gasteiger partial charge in [-0.05, 0) is 0 Å². The number of carbonyl (C=O) groups excluding carboxylic acids is 1. The van der Waals surface area contributed by atoms with Crippen LogP contribution in [0.25, 0.3) is 0 Å². The van der Waals surface area contributed by atoms with Gasteiger partial charge in [0.05, 0.1) is 5.70 Å². The lowest BCUT2D eigenvalue weighted by Gasteiger charge is -2.10. The number of hydrogen-bond acceptors (Lipinski definition) is 1. The molecule has 0 saturated heterocycles. The highest BCUT2D eigenvalue weighted by atomic mass is 19.1. The van der Waals surface area contributed by atoms with Gasteiger partial charge in [-0.3, -0.25) is 0 Å². The van der Waals surface area contributed by atoms with E-state index in [2.05, 4.69) is 17.2 Å². The van der Waals surface area contributed by atoms with Crippen LogP contribution >= 0.6 is 0 Å². The van der Waals surface area contributed by atoms with Crippen molar-refractivity contribution in [2.24, 2.45) is 0 Å². The Bertz CT molecular complexity index is 197. The second-order valence-corrected chi connectivity index (χ2v) is 1.57. The van der Waals surface area contributed by atoms with Crippen molar-refractivity contribution in [3.63, 3.8) is 0 Å². The van der Waals surface area contributed by atoms with Crippen LogP contribution in [0.5, 0.6) is 0 Å². The average Bonchev–Trinajstić information content (AvgIpc) is 1.80. The predicted octanol–water partition coefficient (Wildman–Crippen LogP) is 0.624. The molecule has 0 atom stereocenters. The van der Waals surface area contributed by atoms with Gasteiger partial charge in [-0.1, -0.05) is 6.58 Å². The van der Waals surface area contributed by atoms with Crippen LogP contribution in [0.3, 0.4) is 0 Å². The molecule has 48 valence electrons. The van der Waals surface area contributed by atoms with Crippen molar-refractivity contribution in [3.05, 3.63) is 24.3 Å². The zero-order valence-electron chi connectivity index (χ0n) is 4.57. The van der Waals surface area contributed by atoms with Crippen molar-refractivity contribution >= 4 is 6.03 Å². The Morgan fingerprint density at radius 1 is 1.67 bits per heavy atom. The minimum absolute atomic E-state index is 0.00116. The molecule has 0 aliphatic carbocycles. The first-order valence-corrected chi connectivity index (χ1v) is 2.32. The molecule has 1 heterocycles. The van der Waals surface area contributed by atoms with E-state index in [-0.39, 0.29) is 5.70 Å². The fraction of sp³-hybridized carbons (Fsp3) is 0. The number of halogens is 1. The van der Waals surface area contributed by atoms with Gasteiger partial charge in [0.25, 0.3) is 0 Å². The first kappa shape index (κ1) is 5.81. The fourth-order valence-electron chi connectivity index (χ4n) is 0.449. The minimum atomic E-state index is -0.547. The van der Waals surface area contributed by atoms with Crippen molar-refractivity contribution in [2.45, 2.75) is 0 Å². The molecule has 0 fully saturated rings. The maximum absolute atomic E-state index is 12.2.